The second kappa shape index (κ2) is 32.9. The Hall–Kier alpha value is -7.16. The van der Waals surface area contributed by atoms with E-state index in [0.29, 0.717) is 45.0 Å². The third-order valence-corrected chi connectivity index (χ3v) is 13.0. The maximum absolute atomic E-state index is 12.6. The molecule has 0 unspecified atom stereocenters. The van der Waals surface area contributed by atoms with Crippen molar-refractivity contribution in [1.29, 1.82) is 0 Å². The van der Waals surface area contributed by atoms with Gasteiger partial charge in [0.25, 0.3) is 0 Å². The first kappa shape index (κ1) is 58.7. The number of esters is 4. The van der Waals surface area contributed by atoms with Crippen LogP contribution < -0.4 is 22.9 Å². The lowest BCUT2D eigenvalue weighted by Crippen LogP contribution is -2.28. The van der Waals surface area contributed by atoms with Crippen LogP contribution in [0.4, 0.5) is 22.7 Å². The van der Waals surface area contributed by atoms with E-state index in [1.165, 1.54) is 37.8 Å². The van der Waals surface area contributed by atoms with Crippen LogP contribution in [0.2, 0.25) is 0 Å². The molecule has 0 atom stereocenters. The monoisotopic (exact) mass is 1030 g/mol. The van der Waals surface area contributed by atoms with Gasteiger partial charge in [0.2, 0.25) is 0 Å². The van der Waals surface area contributed by atoms with Gasteiger partial charge in [-0.25, -0.2) is 19.2 Å². The Morgan fingerprint density at radius 1 is 0.467 bits per heavy atom. The van der Waals surface area contributed by atoms with Gasteiger partial charge in [0.1, 0.15) is 25.4 Å². The number of hydrogen-bond donors (Lipinski definition) is 4. The number of benzene rings is 4. The Kier molecular flexibility index (Phi) is 25.8. The highest BCUT2D eigenvalue weighted by Crippen LogP contribution is 2.27. The van der Waals surface area contributed by atoms with Crippen LogP contribution in [0, 0.1) is 0 Å². The molecule has 14 nitrogen and oxygen atoms in total. The number of allylic oxidation sites excluding steroid dienone is 2. The minimum Gasteiger partial charge on any atom is -0.459 e. The standard InChI is InChI=1S/C31H40N2O5.C30H38N2O5/c1-2-3-4-5-6-7-20-36-27-14-16-28(17-15-27)38-31(35)24-11-8-23(9-12-24)10-19-30(34)37-22-25-21-26(32)13-18-29(25)33;1-2-3-4-5-6-19-35-26-13-15-27(16-14-26)37-30(34)23-10-7-22(8-11-23)9-18-29(33)36-21-24-20-25(31)12-17-28(24)32/h2,8-13,18-19,21,27-28H,1,3-7,14-17,20,22,32-33H2;2,7-12,17-18,20,26-27H,1,3-6,13-16,19,21,31-32H2/b19-10+;18-9+. The zero-order chi connectivity index (χ0) is 53.6. The molecule has 4 aromatic carbocycles. The molecule has 6 rings (SSSR count). The fourth-order valence-corrected chi connectivity index (χ4v) is 8.57. The van der Waals surface area contributed by atoms with Crippen molar-refractivity contribution < 1.29 is 47.6 Å². The molecule has 2 aliphatic carbocycles. The van der Waals surface area contributed by atoms with Gasteiger partial charge in [0, 0.05) is 59.2 Å². The fourth-order valence-electron chi connectivity index (χ4n) is 8.57. The quantitative estimate of drug-likeness (QED) is 0.0109. The molecular weight excluding hydrogens is 949 g/mol. The normalized spacial score (nSPS) is 17.3. The molecule has 75 heavy (non-hydrogen) atoms. The molecule has 2 fully saturated rings. The SMILES string of the molecule is C=CCCCCCCOC1CCC(OC(=O)c2ccc(/C=C/C(=O)OCc3cc(N)ccc3N)cc2)CC1.C=CCCCCCOC1CCC(OC(=O)c2ccc(/C=C/C(=O)OCc3cc(N)ccc3N)cc2)CC1. The molecule has 2 aliphatic rings. The average molecular weight is 1030 g/mol. The molecule has 0 aromatic heterocycles. The Labute approximate surface area is 443 Å². The predicted molar refractivity (Wildman–Crippen MR) is 298 cm³/mol. The molecular formula is C61H78N4O10. The molecule has 0 heterocycles. The van der Waals surface area contributed by atoms with Gasteiger partial charge in [-0.15, -0.1) is 13.2 Å². The number of unbranched alkanes of at least 4 members (excludes halogenated alkanes) is 7. The lowest BCUT2D eigenvalue weighted by Gasteiger charge is -2.28. The van der Waals surface area contributed by atoms with Gasteiger partial charge >= 0.3 is 23.9 Å². The van der Waals surface area contributed by atoms with Crippen LogP contribution in [-0.4, -0.2) is 61.5 Å². The van der Waals surface area contributed by atoms with Crippen molar-refractivity contribution in [2.45, 2.75) is 147 Å². The topological polar surface area (TPSA) is 228 Å². The van der Waals surface area contributed by atoms with Gasteiger partial charge in [0.05, 0.1) is 23.3 Å². The average Bonchev–Trinajstić information content (AvgIpc) is 3.42. The van der Waals surface area contributed by atoms with Gasteiger partial charge in [-0.2, -0.15) is 0 Å². The summed E-state index contributed by atoms with van der Waals surface area (Å²) >= 11 is 0. The summed E-state index contributed by atoms with van der Waals surface area (Å²) in [5.74, 6) is -1.67. The lowest BCUT2D eigenvalue weighted by molar-refractivity contribution is -0.139. The summed E-state index contributed by atoms with van der Waals surface area (Å²) in [5.41, 5.74) is 29.2. The van der Waals surface area contributed by atoms with Gasteiger partial charge in [0.15, 0.2) is 0 Å². The third kappa shape index (κ3) is 22.5. The van der Waals surface area contributed by atoms with Crippen molar-refractivity contribution in [3.05, 3.63) is 156 Å². The summed E-state index contributed by atoms with van der Waals surface area (Å²) in [6, 6.07) is 23.9. The summed E-state index contributed by atoms with van der Waals surface area (Å²) in [7, 11) is 0. The fraction of sp³-hybridized carbons (Fsp3) is 0.410. The number of hydrogen-bond acceptors (Lipinski definition) is 14. The van der Waals surface area contributed by atoms with Crippen molar-refractivity contribution in [2.75, 3.05) is 36.1 Å². The highest BCUT2D eigenvalue weighted by molar-refractivity contribution is 5.91. The van der Waals surface area contributed by atoms with E-state index >= 15 is 0 Å². The number of nitrogens with two attached hydrogens (primary N) is 4. The molecule has 0 radical (unpaired) electrons. The molecule has 2 saturated carbocycles. The van der Waals surface area contributed by atoms with E-state index in [9.17, 15) is 19.2 Å². The highest BCUT2D eigenvalue weighted by Gasteiger charge is 2.26. The van der Waals surface area contributed by atoms with Crippen LogP contribution in [0.3, 0.4) is 0 Å². The summed E-state index contributed by atoms with van der Waals surface area (Å²) in [6.45, 7) is 9.16. The van der Waals surface area contributed by atoms with Crippen molar-refractivity contribution in [1.82, 2.24) is 0 Å². The van der Waals surface area contributed by atoms with E-state index in [1.807, 2.05) is 12.2 Å². The Bertz CT molecular complexity index is 2470. The van der Waals surface area contributed by atoms with Crippen LogP contribution in [-0.2, 0) is 51.2 Å². The molecule has 4 aromatic rings. The van der Waals surface area contributed by atoms with E-state index in [2.05, 4.69) is 13.2 Å². The number of ether oxygens (including phenoxy) is 6. The minimum absolute atomic E-state index is 0.0367. The highest BCUT2D eigenvalue weighted by atomic mass is 16.6. The van der Waals surface area contributed by atoms with Crippen molar-refractivity contribution >= 4 is 58.8 Å². The van der Waals surface area contributed by atoms with Crippen LogP contribution in [0.15, 0.2) is 122 Å². The molecule has 0 bridgehead atoms. The van der Waals surface area contributed by atoms with Crippen molar-refractivity contribution in [2.24, 2.45) is 0 Å². The Morgan fingerprint density at radius 3 is 1.21 bits per heavy atom. The zero-order valence-corrected chi connectivity index (χ0v) is 43.5. The summed E-state index contributed by atoms with van der Waals surface area (Å²) in [6.07, 6.45) is 27.4. The van der Waals surface area contributed by atoms with Gasteiger partial charge in [-0.1, -0.05) is 55.7 Å². The first-order chi connectivity index (χ1) is 36.4. The van der Waals surface area contributed by atoms with E-state index in [4.69, 9.17) is 51.4 Å². The van der Waals surface area contributed by atoms with Gasteiger partial charge < -0.3 is 51.4 Å². The number of carbonyl (C=O) groups is 4. The number of carbonyl (C=O) groups excluding carboxylic acids is 4. The molecule has 0 amide bonds. The molecule has 0 spiro atoms. The van der Waals surface area contributed by atoms with Crippen LogP contribution >= 0.6 is 0 Å². The first-order valence-electron chi connectivity index (χ1n) is 26.4. The Balaban J connectivity index is 0.000000277. The summed E-state index contributed by atoms with van der Waals surface area (Å²) in [5, 5.41) is 0. The predicted octanol–water partition coefficient (Wildman–Crippen LogP) is 12.1. The molecule has 8 N–H and O–H groups in total. The molecule has 0 saturated heterocycles. The third-order valence-electron chi connectivity index (χ3n) is 13.0. The van der Waals surface area contributed by atoms with Crippen molar-refractivity contribution in [3.8, 4) is 0 Å². The molecule has 14 heteroatoms. The van der Waals surface area contributed by atoms with E-state index in [-0.39, 0.29) is 49.6 Å². The largest absolute Gasteiger partial charge is 0.459 e. The Morgan fingerprint density at radius 2 is 0.827 bits per heavy atom. The van der Waals surface area contributed by atoms with Gasteiger partial charge in [-0.3, -0.25) is 0 Å². The number of rotatable bonds is 27. The van der Waals surface area contributed by atoms with E-state index < -0.39 is 11.9 Å². The summed E-state index contributed by atoms with van der Waals surface area (Å²) < 4.78 is 33.9. The molecule has 402 valence electrons. The number of nitrogen functional groups attached to an aromatic ring is 4. The second-order valence-electron chi connectivity index (χ2n) is 19.0. The van der Waals surface area contributed by atoms with Crippen LogP contribution in [0.1, 0.15) is 152 Å². The minimum atomic E-state index is -0.502. The second-order valence-corrected chi connectivity index (χ2v) is 19.0. The zero-order valence-electron chi connectivity index (χ0n) is 43.5. The maximum Gasteiger partial charge on any atom is 0.338 e. The smallest absolute Gasteiger partial charge is 0.338 e. The lowest BCUT2D eigenvalue weighted by atomic mass is 9.95. The van der Waals surface area contributed by atoms with E-state index in [0.717, 1.165) is 108 Å². The van der Waals surface area contributed by atoms with Gasteiger partial charge in [-0.05, 0) is 174 Å². The first-order valence-corrected chi connectivity index (χ1v) is 26.4. The summed E-state index contributed by atoms with van der Waals surface area (Å²) in [4.78, 5) is 49.3. The number of anilines is 4. The molecule has 0 aliphatic heterocycles. The van der Waals surface area contributed by atoms with Crippen molar-refractivity contribution in [3.63, 3.8) is 0 Å². The maximum atomic E-state index is 12.6. The van der Waals surface area contributed by atoms with Crippen LogP contribution in [0.25, 0.3) is 12.2 Å². The van der Waals surface area contributed by atoms with E-state index in [1.54, 1.807) is 97.1 Å². The van der Waals surface area contributed by atoms with Crippen LogP contribution in [0.5, 0.6) is 0 Å².